The average molecular weight is 390 g/mol. The van der Waals surface area contributed by atoms with Gasteiger partial charge in [-0.25, -0.2) is 4.79 Å². The number of nitrogens with one attached hydrogen (secondary N) is 1. The van der Waals surface area contributed by atoms with Crippen molar-refractivity contribution < 1.29 is 5.11 Å². The molecule has 1 fully saturated rings. The van der Waals surface area contributed by atoms with Gasteiger partial charge in [0.15, 0.2) is 11.2 Å². The Bertz CT molecular complexity index is 996. The molecule has 3 rings (SSSR count). The molecule has 1 atom stereocenters. The molecular weight excluding hydrogens is 360 g/mol. The van der Waals surface area contributed by atoms with Gasteiger partial charge in [0, 0.05) is 46.3 Å². The van der Waals surface area contributed by atoms with Gasteiger partial charge in [-0.05, 0) is 26.7 Å². The minimum atomic E-state index is -0.378. The van der Waals surface area contributed by atoms with Crippen molar-refractivity contribution in [3.63, 3.8) is 0 Å². The molecule has 1 aliphatic heterocycles. The zero-order valence-corrected chi connectivity index (χ0v) is 17.1. The molecule has 2 aromatic heterocycles. The van der Waals surface area contributed by atoms with Crippen molar-refractivity contribution in [3.8, 4) is 0 Å². The first-order chi connectivity index (χ1) is 13.3. The number of allylic oxidation sites excluding steroid dienone is 2. The smallest absolute Gasteiger partial charge is 0.332 e. The van der Waals surface area contributed by atoms with Gasteiger partial charge >= 0.3 is 5.69 Å². The van der Waals surface area contributed by atoms with Crippen LogP contribution in [0.15, 0.2) is 21.2 Å². The van der Waals surface area contributed by atoms with Gasteiger partial charge in [-0.15, -0.1) is 0 Å². The van der Waals surface area contributed by atoms with E-state index < -0.39 is 0 Å². The largest absolute Gasteiger partial charge is 0.395 e. The maximum absolute atomic E-state index is 12.9. The van der Waals surface area contributed by atoms with E-state index in [-0.39, 0.29) is 23.9 Å². The van der Waals surface area contributed by atoms with E-state index in [1.54, 1.807) is 7.05 Å². The summed E-state index contributed by atoms with van der Waals surface area (Å²) in [6.45, 7) is 6.79. The number of aliphatic hydroxyl groups excluding tert-OH is 1. The molecular formula is C19H30N6O3. The Morgan fingerprint density at radius 3 is 2.71 bits per heavy atom. The normalized spacial score (nSPS) is 17.3. The summed E-state index contributed by atoms with van der Waals surface area (Å²) in [5.74, 6) is 0.710. The molecule has 1 unspecified atom stereocenters. The van der Waals surface area contributed by atoms with E-state index in [9.17, 15) is 9.59 Å². The van der Waals surface area contributed by atoms with Crippen LogP contribution in [0.2, 0.25) is 0 Å². The number of piperidine rings is 1. The van der Waals surface area contributed by atoms with Gasteiger partial charge in [-0.2, -0.15) is 4.98 Å². The predicted octanol–water partition coefficient (Wildman–Crippen LogP) is -0.0494. The summed E-state index contributed by atoms with van der Waals surface area (Å²) in [6, 6.07) is 0.254. The molecule has 28 heavy (non-hydrogen) atoms. The Balaban J connectivity index is 2.13. The van der Waals surface area contributed by atoms with Crippen molar-refractivity contribution in [2.24, 2.45) is 14.1 Å². The summed E-state index contributed by atoms with van der Waals surface area (Å²) in [5.41, 5.74) is 1.30. The summed E-state index contributed by atoms with van der Waals surface area (Å²) in [5, 5.41) is 12.4. The second-order valence-electron chi connectivity index (χ2n) is 7.64. The predicted molar refractivity (Wildman–Crippen MR) is 110 cm³/mol. The fourth-order valence-electron chi connectivity index (χ4n) is 3.72. The van der Waals surface area contributed by atoms with Crippen LogP contribution in [-0.2, 0) is 20.6 Å². The number of rotatable bonds is 6. The molecule has 9 nitrogen and oxygen atoms in total. The molecule has 2 N–H and O–H groups in total. The Kier molecular flexibility index (Phi) is 6.04. The van der Waals surface area contributed by atoms with Gasteiger partial charge in [0.25, 0.3) is 5.56 Å². The van der Waals surface area contributed by atoms with Gasteiger partial charge in [0.2, 0.25) is 5.95 Å². The van der Waals surface area contributed by atoms with E-state index in [2.05, 4.69) is 16.3 Å². The van der Waals surface area contributed by atoms with Crippen LogP contribution >= 0.6 is 0 Å². The number of nitrogens with zero attached hydrogens (tertiary/aromatic N) is 5. The number of aryl methyl sites for hydroxylation is 1. The molecule has 3 heterocycles. The molecule has 0 amide bonds. The SMILES string of the molecule is CC(C)=CCn1c(N2CCCC(NCCO)C2)nc2c1c(=O)n(C)c(=O)n2C. The quantitative estimate of drug-likeness (QED) is 0.672. The number of hydrogen-bond donors (Lipinski definition) is 2. The van der Waals surface area contributed by atoms with E-state index in [1.165, 1.54) is 11.6 Å². The Hall–Kier alpha value is -2.39. The topological polar surface area (TPSA) is 97.3 Å². The van der Waals surface area contributed by atoms with E-state index in [0.29, 0.717) is 30.2 Å². The first-order valence-electron chi connectivity index (χ1n) is 9.74. The zero-order valence-electron chi connectivity index (χ0n) is 17.1. The Labute approximate surface area is 163 Å². The molecule has 9 heteroatoms. The van der Waals surface area contributed by atoms with Crippen LogP contribution in [-0.4, -0.2) is 56.1 Å². The van der Waals surface area contributed by atoms with Crippen molar-refractivity contribution in [3.05, 3.63) is 32.5 Å². The van der Waals surface area contributed by atoms with Crippen molar-refractivity contribution >= 4 is 17.1 Å². The Morgan fingerprint density at radius 2 is 2.04 bits per heavy atom. The Morgan fingerprint density at radius 1 is 1.29 bits per heavy atom. The lowest BCUT2D eigenvalue weighted by atomic mass is 10.1. The summed E-state index contributed by atoms with van der Waals surface area (Å²) < 4.78 is 4.48. The minimum absolute atomic E-state index is 0.105. The summed E-state index contributed by atoms with van der Waals surface area (Å²) >= 11 is 0. The fourth-order valence-corrected chi connectivity index (χ4v) is 3.72. The van der Waals surface area contributed by atoms with E-state index in [0.717, 1.165) is 36.1 Å². The second-order valence-corrected chi connectivity index (χ2v) is 7.64. The van der Waals surface area contributed by atoms with Crippen LogP contribution in [0.1, 0.15) is 26.7 Å². The molecule has 1 saturated heterocycles. The van der Waals surface area contributed by atoms with Crippen LogP contribution in [0, 0.1) is 0 Å². The lowest BCUT2D eigenvalue weighted by Gasteiger charge is -2.34. The number of aromatic nitrogens is 4. The minimum Gasteiger partial charge on any atom is -0.395 e. The standard InChI is InChI=1S/C19H30N6O3/c1-13(2)7-10-25-15-16(22(3)19(28)23(4)17(15)27)21-18(25)24-9-5-6-14(12-24)20-8-11-26/h7,14,20,26H,5-6,8-12H2,1-4H3. The molecule has 154 valence electrons. The third-order valence-corrected chi connectivity index (χ3v) is 5.26. The van der Waals surface area contributed by atoms with Crippen LogP contribution in [0.4, 0.5) is 5.95 Å². The molecule has 0 saturated carbocycles. The van der Waals surface area contributed by atoms with Gasteiger partial charge in [-0.3, -0.25) is 13.9 Å². The molecule has 0 bridgehead atoms. The van der Waals surface area contributed by atoms with E-state index in [1.807, 2.05) is 18.4 Å². The zero-order chi connectivity index (χ0) is 20.4. The lowest BCUT2D eigenvalue weighted by molar-refractivity contribution is 0.278. The third kappa shape index (κ3) is 3.77. The van der Waals surface area contributed by atoms with Gasteiger partial charge in [-0.1, -0.05) is 11.6 Å². The van der Waals surface area contributed by atoms with E-state index >= 15 is 0 Å². The summed E-state index contributed by atoms with van der Waals surface area (Å²) in [4.78, 5) is 32.1. The van der Waals surface area contributed by atoms with Crippen LogP contribution < -0.4 is 21.5 Å². The first-order valence-corrected chi connectivity index (χ1v) is 9.74. The molecule has 0 aliphatic carbocycles. The van der Waals surface area contributed by atoms with Gasteiger partial charge in [0.1, 0.15) is 0 Å². The number of hydrogen-bond acceptors (Lipinski definition) is 6. The van der Waals surface area contributed by atoms with Crippen LogP contribution in [0.25, 0.3) is 11.2 Å². The highest BCUT2D eigenvalue weighted by Gasteiger charge is 2.26. The highest BCUT2D eigenvalue weighted by Crippen LogP contribution is 2.23. The summed E-state index contributed by atoms with van der Waals surface area (Å²) in [6.07, 6.45) is 4.08. The van der Waals surface area contributed by atoms with Crippen LogP contribution in [0.3, 0.4) is 0 Å². The van der Waals surface area contributed by atoms with Gasteiger partial charge < -0.3 is 19.9 Å². The van der Waals surface area contributed by atoms with Crippen molar-refractivity contribution in [1.29, 1.82) is 0 Å². The monoisotopic (exact) mass is 390 g/mol. The second kappa shape index (κ2) is 8.32. The summed E-state index contributed by atoms with van der Waals surface area (Å²) in [7, 11) is 3.14. The van der Waals surface area contributed by atoms with Crippen molar-refractivity contribution in [2.75, 3.05) is 31.1 Å². The van der Waals surface area contributed by atoms with Gasteiger partial charge in [0.05, 0.1) is 6.61 Å². The number of anilines is 1. The maximum Gasteiger partial charge on any atom is 0.332 e. The van der Waals surface area contributed by atoms with E-state index in [4.69, 9.17) is 10.1 Å². The lowest BCUT2D eigenvalue weighted by Crippen LogP contribution is -2.47. The maximum atomic E-state index is 12.9. The average Bonchev–Trinajstić information content (AvgIpc) is 3.07. The molecule has 0 aromatic carbocycles. The highest BCUT2D eigenvalue weighted by atomic mass is 16.3. The van der Waals surface area contributed by atoms with Crippen molar-refractivity contribution in [2.45, 2.75) is 39.3 Å². The molecule has 2 aromatic rings. The third-order valence-electron chi connectivity index (χ3n) is 5.26. The highest BCUT2D eigenvalue weighted by molar-refractivity contribution is 5.74. The van der Waals surface area contributed by atoms with Crippen molar-refractivity contribution in [1.82, 2.24) is 24.0 Å². The molecule has 0 radical (unpaired) electrons. The molecule has 1 aliphatic rings. The number of fused-ring (bicyclic) bond motifs is 1. The first kappa shape index (κ1) is 20.3. The van der Waals surface area contributed by atoms with Crippen LogP contribution in [0.5, 0.6) is 0 Å². The number of aliphatic hydroxyl groups is 1. The number of imidazole rings is 1. The molecule has 0 spiro atoms. The fraction of sp³-hybridized carbons (Fsp3) is 0.632.